The molecule has 1 aliphatic heterocycles. The van der Waals surface area contributed by atoms with Crippen LogP contribution in [0.25, 0.3) is 0 Å². The SMILES string of the molecule is C1=NNCc2nc[nH]c21. The molecule has 4 nitrogen and oxygen atoms in total. The van der Waals surface area contributed by atoms with Gasteiger partial charge in [-0.1, -0.05) is 0 Å². The molecule has 0 aliphatic carbocycles. The zero-order valence-electron chi connectivity index (χ0n) is 4.76. The lowest BCUT2D eigenvalue weighted by molar-refractivity contribution is 0.719. The Hall–Kier alpha value is -1.32. The molecular formula is C5H6N4. The monoisotopic (exact) mass is 122 g/mol. The van der Waals surface area contributed by atoms with Gasteiger partial charge in [0, 0.05) is 0 Å². The van der Waals surface area contributed by atoms with E-state index in [2.05, 4.69) is 20.5 Å². The minimum Gasteiger partial charge on any atom is -0.344 e. The van der Waals surface area contributed by atoms with Crippen molar-refractivity contribution in [3.05, 3.63) is 17.7 Å². The second-order valence-electron chi connectivity index (χ2n) is 1.86. The van der Waals surface area contributed by atoms with Gasteiger partial charge < -0.3 is 10.4 Å². The minimum absolute atomic E-state index is 0.731. The Labute approximate surface area is 52.0 Å². The zero-order chi connectivity index (χ0) is 6.10. The van der Waals surface area contributed by atoms with E-state index in [1.807, 2.05) is 0 Å². The molecule has 0 saturated carbocycles. The lowest BCUT2D eigenvalue weighted by Crippen LogP contribution is -2.12. The van der Waals surface area contributed by atoms with Crippen molar-refractivity contribution in [2.75, 3.05) is 0 Å². The van der Waals surface area contributed by atoms with Crippen LogP contribution < -0.4 is 5.43 Å². The van der Waals surface area contributed by atoms with E-state index in [1.54, 1.807) is 12.5 Å². The van der Waals surface area contributed by atoms with E-state index in [4.69, 9.17) is 0 Å². The lowest BCUT2D eigenvalue weighted by Gasteiger charge is -2.02. The summed E-state index contributed by atoms with van der Waals surface area (Å²) < 4.78 is 0. The summed E-state index contributed by atoms with van der Waals surface area (Å²) in [5.41, 5.74) is 4.85. The summed E-state index contributed by atoms with van der Waals surface area (Å²) in [4.78, 5) is 7.00. The van der Waals surface area contributed by atoms with Crippen LogP contribution in [0.4, 0.5) is 0 Å². The van der Waals surface area contributed by atoms with Crippen LogP contribution >= 0.6 is 0 Å². The Morgan fingerprint density at radius 1 is 1.56 bits per heavy atom. The number of hydrazone groups is 1. The molecule has 46 valence electrons. The predicted octanol–water partition coefficient (Wildman–Crippen LogP) is -0.153. The Bertz CT molecular complexity index is 237. The molecule has 0 radical (unpaired) electrons. The number of hydrogen-bond donors (Lipinski definition) is 2. The van der Waals surface area contributed by atoms with Gasteiger partial charge in [-0.3, -0.25) is 0 Å². The Balaban J connectivity index is 2.53. The normalized spacial score (nSPS) is 14.7. The number of rotatable bonds is 0. The van der Waals surface area contributed by atoms with Crippen molar-refractivity contribution in [3.63, 3.8) is 0 Å². The maximum Gasteiger partial charge on any atom is 0.0929 e. The van der Waals surface area contributed by atoms with E-state index in [9.17, 15) is 0 Å². The zero-order valence-corrected chi connectivity index (χ0v) is 4.76. The number of aromatic amines is 1. The average Bonchev–Trinajstić information content (AvgIpc) is 2.33. The van der Waals surface area contributed by atoms with Gasteiger partial charge in [-0.15, -0.1) is 0 Å². The number of fused-ring (bicyclic) bond motifs is 1. The largest absolute Gasteiger partial charge is 0.344 e. The summed E-state index contributed by atoms with van der Waals surface area (Å²) in [7, 11) is 0. The van der Waals surface area contributed by atoms with E-state index in [1.165, 1.54) is 0 Å². The first kappa shape index (κ1) is 4.55. The van der Waals surface area contributed by atoms with E-state index < -0.39 is 0 Å². The van der Waals surface area contributed by atoms with Crippen molar-refractivity contribution in [2.24, 2.45) is 5.10 Å². The maximum absolute atomic E-state index is 4.05. The summed E-state index contributed by atoms with van der Waals surface area (Å²) in [6.45, 7) is 0.731. The first-order chi connectivity index (χ1) is 4.47. The molecule has 1 aromatic heterocycles. The third-order valence-electron chi connectivity index (χ3n) is 1.28. The number of H-pyrrole nitrogens is 1. The van der Waals surface area contributed by atoms with Gasteiger partial charge in [-0.05, 0) is 0 Å². The molecule has 0 saturated heterocycles. The van der Waals surface area contributed by atoms with E-state index >= 15 is 0 Å². The fourth-order valence-corrected chi connectivity index (χ4v) is 0.816. The number of aromatic nitrogens is 2. The summed E-state index contributed by atoms with van der Waals surface area (Å²) >= 11 is 0. The highest BCUT2D eigenvalue weighted by Gasteiger charge is 2.04. The first-order valence-electron chi connectivity index (χ1n) is 2.75. The van der Waals surface area contributed by atoms with Crippen LogP contribution in [0, 0.1) is 0 Å². The molecule has 1 aliphatic rings. The highest BCUT2D eigenvalue weighted by Crippen LogP contribution is 2.01. The molecule has 4 heteroatoms. The second kappa shape index (κ2) is 1.58. The fourth-order valence-electron chi connectivity index (χ4n) is 0.816. The molecule has 0 amide bonds. The van der Waals surface area contributed by atoms with Gasteiger partial charge in [0.05, 0.1) is 30.5 Å². The summed E-state index contributed by atoms with van der Waals surface area (Å²) in [5.74, 6) is 0. The van der Waals surface area contributed by atoms with Crippen molar-refractivity contribution in [2.45, 2.75) is 6.54 Å². The maximum atomic E-state index is 4.05. The Morgan fingerprint density at radius 2 is 2.56 bits per heavy atom. The van der Waals surface area contributed by atoms with Gasteiger partial charge in [0.25, 0.3) is 0 Å². The van der Waals surface area contributed by atoms with E-state index in [0.717, 1.165) is 17.9 Å². The van der Waals surface area contributed by atoms with Crippen LogP contribution in [0.1, 0.15) is 11.4 Å². The molecule has 0 spiro atoms. The van der Waals surface area contributed by atoms with E-state index in [-0.39, 0.29) is 0 Å². The number of hydrogen-bond acceptors (Lipinski definition) is 3. The fraction of sp³-hybridized carbons (Fsp3) is 0.200. The predicted molar refractivity (Wildman–Crippen MR) is 33.0 cm³/mol. The third kappa shape index (κ3) is 0.595. The molecule has 0 bridgehead atoms. The highest BCUT2D eigenvalue weighted by atomic mass is 15.3. The molecule has 9 heavy (non-hydrogen) atoms. The number of nitrogens with one attached hydrogen (secondary N) is 2. The topological polar surface area (TPSA) is 53.1 Å². The molecular weight excluding hydrogens is 116 g/mol. The first-order valence-corrected chi connectivity index (χ1v) is 2.75. The second-order valence-corrected chi connectivity index (χ2v) is 1.86. The quantitative estimate of drug-likeness (QED) is 0.502. The van der Waals surface area contributed by atoms with Crippen LogP contribution in [0.5, 0.6) is 0 Å². The van der Waals surface area contributed by atoms with Crippen molar-refractivity contribution in [1.82, 2.24) is 15.4 Å². The number of nitrogens with zero attached hydrogens (tertiary/aromatic N) is 2. The van der Waals surface area contributed by atoms with Crippen molar-refractivity contribution in [1.29, 1.82) is 0 Å². The third-order valence-corrected chi connectivity index (χ3v) is 1.28. The molecule has 2 heterocycles. The van der Waals surface area contributed by atoms with Crippen LogP contribution in [-0.2, 0) is 6.54 Å². The van der Waals surface area contributed by atoms with Gasteiger partial charge in [0.1, 0.15) is 0 Å². The summed E-state index contributed by atoms with van der Waals surface area (Å²) in [5, 5.41) is 3.84. The Kier molecular flexibility index (Phi) is 0.798. The van der Waals surface area contributed by atoms with Crippen molar-refractivity contribution in [3.8, 4) is 0 Å². The average molecular weight is 122 g/mol. The van der Waals surface area contributed by atoms with Crippen LogP contribution in [0.3, 0.4) is 0 Å². The van der Waals surface area contributed by atoms with Gasteiger partial charge in [0.2, 0.25) is 0 Å². The lowest BCUT2D eigenvalue weighted by atomic mass is 10.3. The van der Waals surface area contributed by atoms with E-state index in [0.29, 0.717) is 0 Å². The van der Waals surface area contributed by atoms with Crippen molar-refractivity contribution < 1.29 is 0 Å². The van der Waals surface area contributed by atoms with Gasteiger partial charge in [-0.25, -0.2) is 4.98 Å². The van der Waals surface area contributed by atoms with Gasteiger partial charge in [-0.2, -0.15) is 5.10 Å². The van der Waals surface area contributed by atoms with Crippen LogP contribution in [-0.4, -0.2) is 16.2 Å². The van der Waals surface area contributed by atoms with Gasteiger partial charge in [0.15, 0.2) is 0 Å². The Morgan fingerprint density at radius 3 is 3.44 bits per heavy atom. The molecule has 1 aromatic rings. The summed E-state index contributed by atoms with van der Waals surface area (Å²) in [6.07, 6.45) is 3.40. The molecule has 2 rings (SSSR count). The van der Waals surface area contributed by atoms with Crippen LogP contribution in [0.2, 0.25) is 0 Å². The van der Waals surface area contributed by atoms with Crippen LogP contribution in [0.15, 0.2) is 11.4 Å². The highest BCUT2D eigenvalue weighted by molar-refractivity contribution is 5.78. The summed E-state index contributed by atoms with van der Waals surface area (Å²) in [6, 6.07) is 0. The molecule has 2 N–H and O–H groups in total. The van der Waals surface area contributed by atoms with Gasteiger partial charge >= 0.3 is 0 Å². The molecule has 0 atom stereocenters. The standard InChI is InChI=1S/C5H6N4/c1-4-5(2-9-8-1)7-3-6-4/h1,3,9H,2H2,(H,6,7). The minimum atomic E-state index is 0.731. The molecule has 0 unspecified atom stereocenters. The number of imidazole rings is 1. The molecule has 0 fully saturated rings. The van der Waals surface area contributed by atoms with Crippen molar-refractivity contribution >= 4 is 6.21 Å². The smallest absolute Gasteiger partial charge is 0.0929 e. The molecule has 0 aromatic carbocycles.